The lowest BCUT2D eigenvalue weighted by Gasteiger charge is -2.23. The first-order valence-electron chi connectivity index (χ1n) is 8.56. The number of ether oxygens (including phenoxy) is 2. The van der Waals surface area contributed by atoms with E-state index >= 15 is 0 Å². The van der Waals surface area contributed by atoms with Gasteiger partial charge in [-0.1, -0.05) is 0 Å². The number of esters is 2. The largest absolute Gasteiger partial charge is 0.462 e. The highest BCUT2D eigenvalue weighted by atomic mass is 32.2. The number of likely N-dealkylation sites (N-methyl/N-ethyl adjacent to an activating group) is 1. The molecule has 1 aliphatic heterocycles. The van der Waals surface area contributed by atoms with Crippen LogP contribution in [0.1, 0.15) is 45.4 Å². The number of carbonyl (C=O) groups is 3. The van der Waals surface area contributed by atoms with Crippen LogP contribution in [-0.2, 0) is 24.1 Å². The highest BCUT2D eigenvalue weighted by Crippen LogP contribution is 2.20. The molecule has 1 aliphatic rings. The molecule has 1 fully saturated rings. The van der Waals surface area contributed by atoms with E-state index in [2.05, 4.69) is 4.98 Å². The summed E-state index contributed by atoms with van der Waals surface area (Å²) in [5.41, 5.74) is 1.20. The molecular formula is C17H24N2O7S. The van der Waals surface area contributed by atoms with Crippen LogP contribution in [0.25, 0.3) is 0 Å². The van der Waals surface area contributed by atoms with Gasteiger partial charge in [-0.15, -0.1) is 0 Å². The molecule has 0 aromatic carbocycles. The van der Waals surface area contributed by atoms with Crippen molar-refractivity contribution in [3.63, 3.8) is 0 Å². The Balaban J connectivity index is 2.00. The van der Waals surface area contributed by atoms with Crippen molar-refractivity contribution in [2.24, 2.45) is 0 Å². The van der Waals surface area contributed by atoms with E-state index in [-0.39, 0.29) is 29.4 Å². The van der Waals surface area contributed by atoms with Crippen molar-refractivity contribution in [1.29, 1.82) is 0 Å². The van der Waals surface area contributed by atoms with Gasteiger partial charge in [0.25, 0.3) is 5.91 Å². The second-order valence-electron chi connectivity index (χ2n) is 6.48. The number of sulfone groups is 1. The Morgan fingerprint density at radius 3 is 2.41 bits per heavy atom. The third kappa shape index (κ3) is 4.68. The number of hydrogen-bond acceptors (Lipinski definition) is 7. The van der Waals surface area contributed by atoms with Crippen LogP contribution < -0.4 is 0 Å². The molecule has 150 valence electrons. The smallest absolute Gasteiger partial charge is 0.355 e. The van der Waals surface area contributed by atoms with E-state index in [0.717, 1.165) is 0 Å². The Hall–Kier alpha value is -2.36. The van der Waals surface area contributed by atoms with Crippen LogP contribution in [0.3, 0.4) is 0 Å². The van der Waals surface area contributed by atoms with Crippen LogP contribution in [0.15, 0.2) is 0 Å². The van der Waals surface area contributed by atoms with Crippen LogP contribution in [0.4, 0.5) is 0 Å². The SMILES string of the molecule is CCOC(=O)c1c(C)[nH]c(C(=O)OCC(=O)N(C)[C@H]2CCS(=O)(=O)C2)c1C. The third-order valence-electron chi connectivity index (χ3n) is 4.60. The molecule has 2 heterocycles. The van der Waals surface area contributed by atoms with Crippen LogP contribution in [0.2, 0.25) is 0 Å². The van der Waals surface area contributed by atoms with Gasteiger partial charge in [0, 0.05) is 18.8 Å². The van der Waals surface area contributed by atoms with Crippen LogP contribution >= 0.6 is 0 Å². The average molecular weight is 400 g/mol. The van der Waals surface area contributed by atoms with Gasteiger partial charge in [0.2, 0.25) is 0 Å². The molecule has 0 radical (unpaired) electrons. The van der Waals surface area contributed by atoms with Crippen LogP contribution in [0, 0.1) is 13.8 Å². The molecule has 0 spiro atoms. The van der Waals surface area contributed by atoms with Gasteiger partial charge < -0.3 is 19.4 Å². The second kappa shape index (κ2) is 8.12. The fourth-order valence-corrected chi connectivity index (χ4v) is 4.82. The quantitative estimate of drug-likeness (QED) is 0.694. The Kier molecular flexibility index (Phi) is 6.30. The van der Waals surface area contributed by atoms with Gasteiger partial charge in [-0.3, -0.25) is 4.79 Å². The van der Waals surface area contributed by atoms with Gasteiger partial charge in [0.1, 0.15) is 5.69 Å². The van der Waals surface area contributed by atoms with E-state index in [4.69, 9.17) is 9.47 Å². The molecule has 1 aromatic rings. The molecule has 0 saturated carbocycles. The Morgan fingerprint density at radius 1 is 1.19 bits per heavy atom. The summed E-state index contributed by atoms with van der Waals surface area (Å²) in [6, 6.07) is -0.411. The number of rotatable bonds is 6. The predicted octanol–water partition coefficient (Wildman–Crippen LogP) is 0.611. The molecule has 1 N–H and O–H groups in total. The Labute approximate surface area is 157 Å². The normalized spacial score (nSPS) is 18.1. The Bertz CT molecular complexity index is 857. The minimum atomic E-state index is -3.12. The van der Waals surface area contributed by atoms with Crippen molar-refractivity contribution >= 4 is 27.7 Å². The molecule has 0 aliphatic carbocycles. The monoisotopic (exact) mass is 400 g/mol. The highest BCUT2D eigenvalue weighted by Gasteiger charge is 2.33. The second-order valence-corrected chi connectivity index (χ2v) is 8.71. The van der Waals surface area contributed by atoms with Crippen molar-refractivity contribution < 1.29 is 32.3 Å². The lowest BCUT2D eigenvalue weighted by Crippen LogP contribution is -2.40. The van der Waals surface area contributed by atoms with Gasteiger partial charge in [0.15, 0.2) is 16.4 Å². The van der Waals surface area contributed by atoms with E-state index in [1.54, 1.807) is 20.8 Å². The summed E-state index contributed by atoms with van der Waals surface area (Å²) in [5, 5.41) is 0. The molecule has 1 atom stereocenters. The summed E-state index contributed by atoms with van der Waals surface area (Å²) < 4.78 is 33.1. The number of carbonyl (C=O) groups excluding carboxylic acids is 3. The molecule has 10 heteroatoms. The fraction of sp³-hybridized carbons (Fsp3) is 0.588. The number of aromatic amines is 1. The average Bonchev–Trinajstić information content (AvgIpc) is 3.10. The van der Waals surface area contributed by atoms with E-state index < -0.39 is 40.3 Å². The highest BCUT2D eigenvalue weighted by molar-refractivity contribution is 7.91. The maximum absolute atomic E-state index is 12.3. The first kappa shape index (κ1) is 20.9. The third-order valence-corrected chi connectivity index (χ3v) is 6.35. The maximum Gasteiger partial charge on any atom is 0.355 e. The number of hydrogen-bond donors (Lipinski definition) is 1. The lowest BCUT2D eigenvalue weighted by atomic mass is 10.1. The standard InChI is InChI=1S/C17H24N2O7S/c1-5-25-16(21)14-10(2)15(18-11(14)3)17(22)26-8-13(20)19(4)12-6-7-27(23,24)9-12/h12,18H,5-9H2,1-4H3/t12-/m0/s1. The molecule has 1 amide bonds. The zero-order valence-electron chi connectivity index (χ0n) is 15.8. The summed E-state index contributed by atoms with van der Waals surface area (Å²) in [6.07, 6.45) is 0.371. The first-order valence-corrected chi connectivity index (χ1v) is 10.4. The number of nitrogens with zero attached hydrogens (tertiary/aromatic N) is 1. The van der Waals surface area contributed by atoms with Crippen molar-refractivity contribution in [2.75, 3.05) is 31.8 Å². The summed E-state index contributed by atoms with van der Waals surface area (Å²) >= 11 is 0. The van der Waals surface area contributed by atoms with Gasteiger partial charge in [-0.25, -0.2) is 18.0 Å². The van der Waals surface area contributed by atoms with Crippen molar-refractivity contribution in [2.45, 2.75) is 33.2 Å². The first-order chi connectivity index (χ1) is 12.6. The van der Waals surface area contributed by atoms with Crippen molar-refractivity contribution in [3.05, 3.63) is 22.5 Å². The minimum absolute atomic E-state index is 0.0483. The van der Waals surface area contributed by atoms with Gasteiger partial charge >= 0.3 is 11.9 Å². The molecule has 1 aromatic heterocycles. The minimum Gasteiger partial charge on any atom is -0.462 e. The van der Waals surface area contributed by atoms with E-state index in [0.29, 0.717) is 17.7 Å². The summed E-state index contributed by atoms with van der Waals surface area (Å²) in [5.74, 6) is -1.83. The summed E-state index contributed by atoms with van der Waals surface area (Å²) in [7, 11) is -1.63. The Morgan fingerprint density at radius 2 is 1.85 bits per heavy atom. The zero-order valence-corrected chi connectivity index (χ0v) is 16.6. The molecule has 27 heavy (non-hydrogen) atoms. The number of amides is 1. The molecule has 2 rings (SSSR count). The van der Waals surface area contributed by atoms with Gasteiger partial charge in [-0.2, -0.15) is 0 Å². The van der Waals surface area contributed by atoms with Crippen LogP contribution in [-0.4, -0.2) is 74.0 Å². The van der Waals surface area contributed by atoms with Gasteiger partial charge in [0.05, 0.1) is 23.7 Å². The van der Waals surface area contributed by atoms with E-state index in [9.17, 15) is 22.8 Å². The number of aromatic nitrogens is 1. The van der Waals surface area contributed by atoms with Crippen molar-refractivity contribution in [1.82, 2.24) is 9.88 Å². The maximum atomic E-state index is 12.3. The molecular weight excluding hydrogens is 376 g/mol. The number of H-pyrrole nitrogens is 1. The molecule has 9 nitrogen and oxygen atoms in total. The fourth-order valence-electron chi connectivity index (χ4n) is 3.05. The van der Waals surface area contributed by atoms with Crippen molar-refractivity contribution in [3.8, 4) is 0 Å². The van der Waals surface area contributed by atoms with Crippen LogP contribution in [0.5, 0.6) is 0 Å². The molecule has 1 saturated heterocycles. The lowest BCUT2D eigenvalue weighted by molar-refractivity contribution is -0.134. The molecule has 0 unspecified atom stereocenters. The summed E-state index contributed by atoms with van der Waals surface area (Å²) in [6.45, 7) is 4.60. The van der Waals surface area contributed by atoms with E-state index in [1.807, 2.05) is 0 Å². The predicted molar refractivity (Wildman–Crippen MR) is 96.3 cm³/mol. The number of nitrogens with one attached hydrogen (secondary N) is 1. The topological polar surface area (TPSA) is 123 Å². The van der Waals surface area contributed by atoms with Gasteiger partial charge in [-0.05, 0) is 32.8 Å². The zero-order chi connectivity index (χ0) is 20.4. The van der Waals surface area contributed by atoms with E-state index in [1.165, 1.54) is 11.9 Å². The molecule has 0 bridgehead atoms. The summed E-state index contributed by atoms with van der Waals surface area (Å²) in [4.78, 5) is 40.6. The number of aryl methyl sites for hydroxylation is 1.